The summed E-state index contributed by atoms with van der Waals surface area (Å²) < 4.78 is 0. The number of hydrogen-bond donors (Lipinski definition) is 0. The molecule has 2 fully saturated rings. The molecule has 2 aliphatic rings. The van der Waals surface area contributed by atoms with Crippen LogP contribution in [0.15, 0.2) is 12.3 Å². The Morgan fingerprint density at radius 1 is 1.00 bits per heavy atom. The molecular formula is C16H29N. The van der Waals surface area contributed by atoms with E-state index < -0.39 is 0 Å². The number of hydrogen-bond acceptors (Lipinski definition) is 1. The molecule has 1 heterocycles. The summed E-state index contributed by atoms with van der Waals surface area (Å²) in [6.07, 6.45) is 17.8. The van der Waals surface area contributed by atoms with Gasteiger partial charge in [0.2, 0.25) is 0 Å². The largest absolute Gasteiger partial charge is 0.378 e. The van der Waals surface area contributed by atoms with Gasteiger partial charge in [-0.05, 0) is 63.0 Å². The summed E-state index contributed by atoms with van der Waals surface area (Å²) in [6.45, 7) is 4.91. The highest BCUT2D eigenvalue weighted by molar-refractivity contribution is 4.91. The van der Waals surface area contributed by atoms with Gasteiger partial charge in [0.1, 0.15) is 0 Å². The maximum Gasteiger partial charge on any atom is 0.0172 e. The third kappa shape index (κ3) is 4.37. The highest BCUT2D eigenvalue weighted by atomic mass is 15.1. The third-order valence-corrected chi connectivity index (χ3v) is 4.55. The van der Waals surface area contributed by atoms with E-state index in [0.717, 1.165) is 11.8 Å². The van der Waals surface area contributed by atoms with Crippen molar-refractivity contribution in [3.05, 3.63) is 12.3 Å². The van der Waals surface area contributed by atoms with Gasteiger partial charge in [0.25, 0.3) is 0 Å². The predicted octanol–water partition coefficient (Wildman–Crippen LogP) is 4.59. The van der Waals surface area contributed by atoms with Crippen LogP contribution in [-0.4, -0.2) is 18.0 Å². The second-order valence-corrected chi connectivity index (χ2v) is 6.01. The van der Waals surface area contributed by atoms with Crippen molar-refractivity contribution in [3.8, 4) is 0 Å². The van der Waals surface area contributed by atoms with Gasteiger partial charge < -0.3 is 4.90 Å². The Balaban J connectivity index is 1.68. The molecule has 0 radical (unpaired) electrons. The van der Waals surface area contributed by atoms with Crippen molar-refractivity contribution < 1.29 is 0 Å². The van der Waals surface area contributed by atoms with Crippen LogP contribution >= 0.6 is 0 Å². The Morgan fingerprint density at radius 2 is 1.71 bits per heavy atom. The molecule has 1 saturated carbocycles. The molecular weight excluding hydrogens is 206 g/mol. The minimum absolute atomic E-state index is 0.880. The van der Waals surface area contributed by atoms with E-state index in [-0.39, 0.29) is 0 Å². The maximum atomic E-state index is 2.53. The standard InChI is InChI=1S/C16H29N/c1-2-6-15-7-9-16(10-8-15)11-14-17-12-4-3-5-13-17/h11,14-16H,2-10,12-13H2,1H3/b14-11+. The van der Waals surface area contributed by atoms with Crippen molar-refractivity contribution in [2.45, 2.75) is 64.7 Å². The van der Waals surface area contributed by atoms with Crippen LogP contribution in [0.3, 0.4) is 0 Å². The van der Waals surface area contributed by atoms with Gasteiger partial charge in [-0.2, -0.15) is 0 Å². The lowest BCUT2D eigenvalue weighted by Crippen LogP contribution is -2.24. The minimum Gasteiger partial charge on any atom is -0.378 e. The molecule has 0 aromatic rings. The van der Waals surface area contributed by atoms with E-state index in [1.165, 1.54) is 70.9 Å². The molecule has 98 valence electrons. The van der Waals surface area contributed by atoms with Crippen LogP contribution in [0.4, 0.5) is 0 Å². The second kappa shape index (κ2) is 7.08. The summed E-state index contributed by atoms with van der Waals surface area (Å²) in [5.74, 6) is 1.92. The van der Waals surface area contributed by atoms with Crippen molar-refractivity contribution in [3.63, 3.8) is 0 Å². The molecule has 0 atom stereocenters. The average Bonchev–Trinajstić information content (AvgIpc) is 2.40. The topological polar surface area (TPSA) is 3.24 Å². The van der Waals surface area contributed by atoms with E-state index in [9.17, 15) is 0 Å². The predicted molar refractivity (Wildman–Crippen MR) is 74.9 cm³/mol. The molecule has 1 heteroatoms. The molecule has 2 rings (SSSR count). The van der Waals surface area contributed by atoms with Crippen molar-refractivity contribution in [1.29, 1.82) is 0 Å². The minimum atomic E-state index is 0.880. The van der Waals surface area contributed by atoms with Crippen molar-refractivity contribution in [2.75, 3.05) is 13.1 Å². The van der Waals surface area contributed by atoms with E-state index in [1.54, 1.807) is 0 Å². The molecule has 1 saturated heterocycles. The van der Waals surface area contributed by atoms with Gasteiger partial charge in [-0.25, -0.2) is 0 Å². The fourth-order valence-electron chi connectivity index (χ4n) is 3.39. The van der Waals surface area contributed by atoms with Crippen LogP contribution in [0.5, 0.6) is 0 Å². The van der Waals surface area contributed by atoms with Crippen LogP contribution in [0.2, 0.25) is 0 Å². The molecule has 0 N–H and O–H groups in total. The molecule has 1 nitrogen and oxygen atoms in total. The quantitative estimate of drug-likeness (QED) is 0.688. The summed E-state index contributed by atoms with van der Waals surface area (Å²) >= 11 is 0. The first-order chi connectivity index (χ1) is 8.38. The Morgan fingerprint density at radius 3 is 2.35 bits per heavy atom. The first-order valence-corrected chi connectivity index (χ1v) is 7.81. The molecule has 17 heavy (non-hydrogen) atoms. The lowest BCUT2D eigenvalue weighted by atomic mass is 9.80. The molecule has 0 bridgehead atoms. The van der Waals surface area contributed by atoms with Gasteiger partial charge in [0.05, 0.1) is 0 Å². The Labute approximate surface area is 107 Å². The van der Waals surface area contributed by atoms with E-state index in [1.807, 2.05) is 0 Å². The van der Waals surface area contributed by atoms with E-state index in [4.69, 9.17) is 0 Å². The van der Waals surface area contributed by atoms with Gasteiger partial charge in [0.15, 0.2) is 0 Å². The zero-order chi connectivity index (χ0) is 11.9. The lowest BCUT2D eigenvalue weighted by Gasteiger charge is -2.28. The third-order valence-electron chi connectivity index (χ3n) is 4.55. The number of allylic oxidation sites excluding steroid dienone is 1. The summed E-state index contributed by atoms with van der Waals surface area (Å²) in [7, 11) is 0. The Bertz CT molecular complexity index is 220. The SMILES string of the molecule is CCCC1CCC(/C=C/N2CCCCC2)CC1. The number of piperidine rings is 1. The molecule has 0 spiro atoms. The lowest BCUT2D eigenvalue weighted by molar-refractivity contribution is 0.283. The highest BCUT2D eigenvalue weighted by Gasteiger charge is 2.18. The van der Waals surface area contributed by atoms with Crippen LogP contribution in [0.1, 0.15) is 64.7 Å². The fraction of sp³-hybridized carbons (Fsp3) is 0.875. The monoisotopic (exact) mass is 235 g/mol. The van der Waals surface area contributed by atoms with Crippen molar-refractivity contribution in [2.24, 2.45) is 11.8 Å². The number of rotatable bonds is 4. The van der Waals surface area contributed by atoms with Gasteiger partial charge in [0, 0.05) is 13.1 Å². The summed E-state index contributed by atoms with van der Waals surface area (Å²) in [6, 6.07) is 0. The smallest absolute Gasteiger partial charge is 0.0172 e. The summed E-state index contributed by atoms with van der Waals surface area (Å²) in [5, 5.41) is 0. The van der Waals surface area contributed by atoms with Crippen molar-refractivity contribution in [1.82, 2.24) is 4.90 Å². The van der Waals surface area contributed by atoms with Crippen LogP contribution < -0.4 is 0 Å². The van der Waals surface area contributed by atoms with Crippen LogP contribution in [0.25, 0.3) is 0 Å². The number of nitrogens with zero attached hydrogens (tertiary/aromatic N) is 1. The van der Waals surface area contributed by atoms with Gasteiger partial charge in [-0.1, -0.05) is 25.8 Å². The first-order valence-electron chi connectivity index (χ1n) is 7.81. The van der Waals surface area contributed by atoms with Gasteiger partial charge in [-0.15, -0.1) is 0 Å². The molecule has 1 aliphatic heterocycles. The van der Waals surface area contributed by atoms with E-state index in [2.05, 4.69) is 24.1 Å². The first kappa shape index (κ1) is 13.0. The Hall–Kier alpha value is -0.460. The normalized spacial score (nSPS) is 31.0. The Kier molecular flexibility index (Phi) is 5.41. The summed E-state index contributed by atoms with van der Waals surface area (Å²) in [4.78, 5) is 2.53. The molecule has 0 aromatic carbocycles. The molecule has 1 aliphatic carbocycles. The van der Waals surface area contributed by atoms with Crippen LogP contribution in [-0.2, 0) is 0 Å². The molecule has 0 unspecified atom stereocenters. The average molecular weight is 235 g/mol. The fourth-order valence-corrected chi connectivity index (χ4v) is 3.39. The van der Waals surface area contributed by atoms with Gasteiger partial charge in [-0.3, -0.25) is 0 Å². The molecule has 0 amide bonds. The highest BCUT2D eigenvalue weighted by Crippen LogP contribution is 2.32. The van der Waals surface area contributed by atoms with Crippen LogP contribution in [0, 0.1) is 11.8 Å². The van der Waals surface area contributed by atoms with Crippen molar-refractivity contribution >= 4 is 0 Å². The van der Waals surface area contributed by atoms with E-state index >= 15 is 0 Å². The van der Waals surface area contributed by atoms with E-state index in [0.29, 0.717) is 0 Å². The molecule has 0 aromatic heterocycles. The second-order valence-electron chi connectivity index (χ2n) is 6.01. The van der Waals surface area contributed by atoms with Gasteiger partial charge >= 0.3 is 0 Å². The maximum absolute atomic E-state index is 2.53. The summed E-state index contributed by atoms with van der Waals surface area (Å²) in [5.41, 5.74) is 0. The zero-order valence-electron chi connectivity index (χ0n) is 11.5. The zero-order valence-corrected chi connectivity index (χ0v) is 11.5. The number of likely N-dealkylation sites (tertiary alicyclic amines) is 1.